The Labute approximate surface area is 273 Å². The fourth-order valence-electron chi connectivity index (χ4n) is 5.21. The zero-order chi connectivity index (χ0) is 32.3. The second-order valence-corrected chi connectivity index (χ2v) is 14.1. The molecule has 10 nitrogen and oxygen atoms in total. The SMILES string of the molecule is COc1ccc([C@H](Cc2c(Cl)cncc2Cl)OC(=O)[C@@H]2CCCN2S(=O)(=O)c2cccc(C(=O)N(C)C)c2)cc1OCC1CC1. The van der Waals surface area contributed by atoms with Crippen molar-refractivity contribution in [2.24, 2.45) is 5.92 Å². The van der Waals surface area contributed by atoms with Gasteiger partial charge < -0.3 is 19.1 Å². The number of aromatic nitrogens is 1. The first kappa shape index (κ1) is 33.0. The van der Waals surface area contributed by atoms with Crippen LogP contribution in [0.4, 0.5) is 0 Å². The van der Waals surface area contributed by atoms with E-state index < -0.39 is 28.1 Å². The molecule has 2 aliphatic rings. The summed E-state index contributed by atoms with van der Waals surface area (Å²) in [7, 11) is 0.586. The third kappa shape index (κ3) is 7.54. The number of nitrogens with zero attached hydrogens (tertiary/aromatic N) is 3. The first-order valence-corrected chi connectivity index (χ1v) is 16.8. The molecule has 45 heavy (non-hydrogen) atoms. The molecule has 5 rings (SSSR count). The Morgan fingerprint density at radius 3 is 2.44 bits per heavy atom. The summed E-state index contributed by atoms with van der Waals surface area (Å²) in [5.74, 6) is 0.498. The van der Waals surface area contributed by atoms with E-state index in [-0.39, 0.29) is 35.8 Å². The molecule has 0 spiro atoms. The monoisotopic (exact) mass is 675 g/mol. The highest BCUT2D eigenvalue weighted by Gasteiger charge is 2.41. The van der Waals surface area contributed by atoms with Crippen LogP contribution in [0.1, 0.15) is 53.3 Å². The molecule has 1 saturated carbocycles. The lowest BCUT2D eigenvalue weighted by molar-refractivity contribution is -0.153. The Morgan fingerprint density at radius 2 is 1.78 bits per heavy atom. The summed E-state index contributed by atoms with van der Waals surface area (Å²) in [4.78, 5) is 31.7. The van der Waals surface area contributed by atoms with Crippen molar-refractivity contribution in [2.75, 3.05) is 34.4 Å². The number of pyridine rings is 1. The molecule has 2 heterocycles. The number of methoxy groups -OCH3 is 1. The minimum atomic E-state index is -4.14. The van der Waals surface area contributed by atoms with Crippen LogP contribution in [0.5, 0.6) is 11.5 Å². The summed E-state index contributed by atoms with van der Waals surface area (Å²) in [6.45, 7) is 0.671. The van der Waals surface area contributed by atoms with Gasteiger partial charge in [0.05, 0.1) is 28.7 Å². The smallest absolute Gasteiger partial charge is 0.325 e. The molecule has 240 valence electrons. The standard InChI is InChI=1S/C32H35Cl2N3O7S/c1-36(2)31(38)22-6-4-7-23(14-22)45(40,41)37-13-5-8-27(37)32(39)44-29(16-24-25(33)17-35-18-26(24)34)21-11-12-28(42-3)30(15-21)43-19-20-9-10-20/h4,6-7,11-12,14-15,17-18,20,27,29H,5,8-10,13,16,19H2,1-3H3/t27-,29-/m0/s1. The van der Waals surface area contributed by atoms with Gasteiger partial charge in [-0.1, -0.05) is 35.3 Å². The highest BCUT2D eigenvalue weighted by Crippen LogP contribution is 2.38. The molecule has 2 atom stereocenters. The van der Waals surface area contributed by atoms with Crippen LogP contribution < -0.4 is 9.47 Å². The lowest BCUT2D eigenvalue weighted by Crippen LogP contribution is -2.42. The minimum Gasteiger partial charge on any atom is -0.493 e. The zero-order valence-corrected chi connectivity index (χ0v) is 27.6. The van der Waals surface area contributed by atoms with Crippen LogP contribution in [0.15, 0.2) is 59.8 Å². The zero-order valence-electron chi connectivity index (χ0n) is 25.2. The van der Waals surface area contributed by atoms with Gasteiger partial charge in [0.25, 0.3) is 5.91 Å². The Balaban J connectivity index is 1.44. The van der Waals surface area contributed by atoms with Crippen LogP contribution in [0.25, 0.3) is 0 Å². The molecule has 0 radical (unpaired) electrons. The van der Waals surface area contributed by atoms with E-state index in [9.17, 15) is 18.0 Å². The normalized spacial score (nSPS) is 17.5. The largest absolute Gasteiger partial charge is 0.493 e. The Morgan fingerprint density at radius 1 is 1.04 bits per heavy atom. The molecule has 3 aromatic rings. The summed E-state index contributed by atoms with van der Waals surface area (Å²) >= 11 is 12.9. The highest BCUT2D eigenvalue weighted by atomic mass is 35.5. The molecule has 1 aliphatic carbocycles. The van der Waals surface area contributed by atoms with Gasteiger partial charge in [-0.3, -0.25) is 14.6 Å². The van der Waals surface area contributed by atoms with Gasteiger partial charge >= 0.3 is 5.97 Å². The fourth-order valence-corrected chi connectivity index (χ4v) is 7.42. The average molecular weight is 677 g/mol. The van der Waals surface area contributed by atoms with E-state index in [1.165, 1.54) is 35.5 Å². The third-order valence-corrected chi connectivity index (χ3v) is 10.5. The van der Waals surface area contributed by atoms with Crippen molar-refractivity contribution in [3.8, 4) is 11.5 Å². The number of carbonyl (C=O) groups is 2. The summed E-state index contributed by atoms with van der Waals surface area (Å²) in [5, 5.41) is 0.610. The Kier molecular flexibility index (Phi) is 10.2. The molecule has 0 N–H and O–H groups in total. The van der Waals surface area contributed by atoms with Crippen LogP contribution in [-0.2, 0) is 26.0 Å². The topological polar surface area (TPSA) is 115 Å². The molecule has 1 saturated heterocycles. The number of amides is 1. The minimum absolute atomic E-state index is 0.0746. The van der Waals surface area contributed by atoms with Crippen LogP contribution in [-0.4, -0.2) is 74.9 Å². The van der Waals surface area contributed by atoms with E-state index in [0.29, 0.717) is 51.6 Å². The van der Waals surface area contributed by atoms with Gasteiger partial charge in [0, 0.05) is 45.0 Å². The summed E-state index contributed by atoms with van der Waals surface area (Å²) < 4.78 is 46.4. The predicted molar refractivity (Wildman–Crippen MR) is 169 cm³/mol. The van der Waals surface area contributed by atoms with Gasteiger partial charge in [0.2, 0.25) is 10.0 Å². The first-order chi connectivity index (χ1) is 21.5. The van der Waals surface area contributed by atoms with Crippen LogP contribution >= 0.6 is 23.2 Å². The van der Waals surface area contributed by atoms with E-state index in [2.05, 4.69) is 4.98 Å². The number of esters is 1. The maximum atomic E-state index is 13.8. The lowest BCUT2D eigenvalue weighted by atomic mass is 10.0. The van der Waals surface area contributed by atoms with Crippen molar-refractivity contribution in [1.82, 2.24) is 14.2 Å². The van der Waals surface area contributed by atoms with Crippen molar-refractivity contribution in [3.63, 3.8) is 0 Å². The maximum absolute atomic E-state index is 13.8. The fraction of sp³-hybridized carbons (Fsp3) is 0.406. The van der Waals surface area contributed by atoms with Gasteiger partial charge in [0.15, 0.2) is 11.5 Å². The lowest BCUT2D eigenvalue weighted by Gasteiger charge is -2.26. The second-order valence-electron chi connectivity index (χ2n) is 11.4. The molecule has 1 aliphatic heterocycles. The van der Waals surface area contributed by atoms with E-state index in [4.69, 9.17) is 37.4 Å². The Hall–Kier alpha value is -3.38. The van der Waals surface area contributed by atoms with E-state index >= 15 is 0 Å². The molecule has 0 unspecified atom stereocenters. The van der Waals surface area contributed by atoms with Gasteiger partial charge in [-0.2, -0.15) is 4.31 Å². The molecule has 2 fully saturated rings. The van der Waals surface area contributed by atoms with Gasteiger partial charge in [0.1, 0.15) is 12.1 Å². The molecular formula is C32H35Cl2N3O7S. The highest BCUT2D eigenvalue weighted by molar-refractivity contribution is 7.89. The van der Waals surface area contributed by atoms with Gasteiger partial charge in [-0.15, -0.1) is 0 Å². The molecule has 0 bridgehead atoms. The van der Waals surface area contributed by atoms with Crippen LogP contribution in [0.2, 0.25) is 10.0 Å². The van der Waals surface area contributed by atoms with Crippen LogP contribution in [0, 0.1) is 5.92 Å². The molecule has 1 amide bonds. The van der Waals surface area contributed by atoms with Crippen molar-refractivity contribution in [3.05, 3.63) is 81.6 Å². The van der Waals surface area contributed by atoms with E-state index in [1.54, 1.807) is 45.5 Å². The van der Waals surface area contributed by atoms with Crippen LogP contribution in [0.3, 0.4) is 0 Å². The third-order valence-electron chi connectivity index (χ3n) is 7.90. The number of benzene rings is 2. The van der Waals surface area contributed by atoms with Crippen molar-refractivity contribution in [1.29, 1.82) is 0 Å². The quantitative estimate of drug-likeness (QED) is 0.229. The molecule has 13 heteroatoms. The molecular weight excluding hydrogens is 641 g/mol. The maximum Gasteiger partial charge on any atom is 0.325 e. The Bertz CT molecular complexity index is 1660. The molecule has 1 aromatic heterocycles. The number of hydrogen-bond donors (Lipinski definition) is 0. The van der Waals surface area contributed by atoms with E-state index in [0.717, 1.165) is 17.1 Å². The number of ether oxygens (including phenoxy) is 3. The number of halogens is 2. The number of rotatable bonds is 12. The summed E-state index contributed by atoms with van der Waals surface area (Å²) in [6, 6.07) is 10.0. The number of carbonyl (C=O) groups excluding carboxylic acids is 2. The summed E-state index contributed by atoms with van der Waals surface area (Å²) in [5.41, 5.74) is 1.35. The second kappa shape index (κ2) is 13.9. The predicted octanol–water partition coefficient (Wildman–Crippen LogP) is 5.57. The van der Waals surface area contributed by atoms with Crippen molar-refractivity contribution in [2.45, 2.75) is 49.1 Å². The van der Waals surface area contributed by atoms with Gasteiger partial charge in [-0.05, 0) is 73.1 Å². The first-order valence-electron chi connectivity index (χ1n) is 14.6. The number of hydrogen-bond acceptors (Lipinski definition) is 8. The molecule has 2 aromatic carbocycles. The van der Waals surface area contributed by atoms with Crippen molar-refractivity contribution < 1.29 is 32.2 Å². The van der Waals surface area contributed by atoms with Crippen molar-refractivity contribution >= 4 is 45.1 Å². The van der Waals surface area contributed by atoms with Gasteiger partial charge in [-0.25, -0.2) is 8.42 Å². The number of sulfonamides is 1. The summed E-state index contributed by atoms with van der Waals surface area (Å²) in [6.07, 6.45) is 5.08. The average Bonchev–Trinajstić information content (AvgIpc) is 3.72. The van der Waals surface area contributed by atoms with E-state index in [1.807, 2.05) is 0 Å².